The van der Waals surface area contributed by atoms with Crippen LogP contribution in [0.2, 0.25) is 0 Å². The number of anilines is 1. The number of sulfonamides is 1. The highest BCUT2D eigenvalue weighted by molar-refractivity contribution is 7.88. The van der Waals surface area contributed by atoms with Gasteiger partial charge in [0.25, 0.3) is 0 Å². The van der Waals surface area contributed by atoms with Crippen LogP contribution in [0, 0.1) is 5.92 Å². The first-order valence-electron chi connectivity index (χ1n) is 9.65. The summed E-state index contributed by atoms with van der Waals surface area (Å²) < 4.78 is 24.5. The molecular weight excluding hydrogens is 380 g/mol. The lowest BCUT2D eigenvalue weighted by Crippen LogP contribution is -2.49. The molecule has 2 fully saturated rings. The van der Waals surface area contributed by atoms with E-state index in [4.69, 9.17) is 0 Å². The Balaban J connectivity index is 1.44. The van der Waals surface area contributed by atoms with Crippen molar-refractivity contribution in [3.63, 3.8) is 0 Å². The lowest BCUT2D eigenvalue weighted by molar-refractivity contribution is -0.117. The molecule has 154 valence electrons. The summed E-state index contributed by atoms with van der Waals surface area (Å²) in [5.74, 6) is 0.230. The maximum Gasteiger partial charge on any atom is 0.315 e. The minimum atomic E-state index is -3.17. The monoisotopic (exact) mass is 408 g/mol. The molecule has 1 saturated carbocycles. The number of carbonyl (C=O) groups excluding carboxylic acids is 2. The first kappa shape index (κ1) is 20.6. The topological polar surface area (TPSA) is 108 Å². The first-order chi connectivity index (χ1) is 13.2. The number of rotatable bonds is 6. The molecule has 0 spiro atoms. The second-order valence-corrected chi connectivity index (χ2v) is 9.64. The fraction of sp³-hybridized carbons (Fsp3) is 0.579. The van der Waals surface area contributed by atoms with E-state index in [1.165, 1.54) is 10.6 Å². The summed E-state index contributed by atoms with van der Waals surface area (Å²) in [4.78, 5) is 24.0. The Morgan fingerprint density at radius 2 is 1.68 bits per heavy atom. The third-order valence-electron chi connectivity index (χ3n) is 5.23. The van der Waals surface area contributed by atoms with Crippen LogP contribution in [0.4, 0.5) is 10.5 Å². The number of amides is 3. The van der Waals surface area contributed by atoms with Crippen LogP contribution in [0.15, 0.2) is 24.3 Å². The van der Waals surface area contributed by atoms with Crippen molar-refractivity contribution >= 4 is 27.6 Å². The summed E-state index contributed by atoms with van der Waals surface area (Å²) in [6.07, 6.45) is 4.34. The molecule has 28 heavy (non-hydrogen) atoms. The maximum absolute atomic E-state index is 12.3. The van der Waals surface area contributed by atoms with E-state index in [2.05, 4.69) is 16.0 Å². The number of hydrogen-bond acceptors (Lipinski definition) is 4. The molecule has 1 atom stereocenters. The van der Waals surface area contributed by atoms with E-state index in [1.54, 1.807) is 0 Å². The number of nitrogens with zero attached hydrogens (tertiary/aromatic N) is 1. The number of urea groups is 1. The molecule has 0 radical (unpaired) electrons. The van der Waals surface area contributed by atoms with E-state index in [1.807, 2.05) is 31.2 Å². The molecule has 9 heteroatoms. The van der Waals surface area contributed by atoms with E-state index in [0.29, 0.717) is 25.9 Å². The van der Waals surface area contributed by atoms with Gasteiger partial charge in [0, 0.05) is 30.7 Å². The minimum Gasteiger partial charge on any atom is -0.335 e. The quantitative estimate of drug-likeness (QED) is 0.667. The Kier molecular flexibility index (Phi) is 6.24. The molecule has 0 aromatic heterocycles. The predicted molar refractivity (Wildman–Crippen MR) is 107 cm³/mol. The van der Waals surface area contributed by atoms with Crippen LogP contribution in [-0.4, -0.2) is 50.0 Å². The molecule has 1 aromatic carbocycles. The standard InChI is InChI=1S/C19H28N4O4S/c1-13(14-5-7-16(8-6-14)21-18(24)15-3-4-15)20-19(25)22-17-9-11-23(12-10-17)28(2,26)27/h5-8,13,15,17H,3-4,9-12H2,1-2H3,(H,21,24)(H2,20,22,25). The molecule has 2 aliphatic rings. The Bertz CT molecular complexity index is 813. The van der Waals surface area contributed by atoms with Gasteiger partial charge in [0.2, 0.25) is 15.9 Å². The van der Waals surface area contributed by atoms with Crippen LogP contribution in [-0.2, 0) is 14.8 Å². The molecule has 1 unspecified atom stereocenters. The van der Waals surface area contributed by atoms with Crippen molar-refractivity contribution in [1.82, 2.24) is 14.9 Å². The molecule has 1 aliphatic heterocycles. The van der Waals surface area contributed by atoms with Gasteiger partial charge >= 0.3 is 6.03 Å². The lowest BCUT2D eigenvalue weighted by atomic mass is 10.1. The smallest absolute Gasteiger partial charge is 0.315 e. The third-order valence-corrected chi connectivity index (χ3v) is 6.54. The van der Waals surface area contributed by atoms with Crippen molar-refractivity contribution in [3.8, 4) is 0 Å². The molecule has 1 aromatic rings. The van der Waals surface area contributed by atoms with Crippen molar-refractivity contribution in [2.75, 3.05) is 24.7 Å². The van der Waals surface area contributed by atoms with Gasteiger partial charge < -0.3 is 16.0 Å². The molecule has 3 N–H and O–H groups in total. The molecule has 1 heterocycles. The highest BCUT2D eigenvalue weighted by atomic mass is 32.2. The minimum absolute atomic E-state index is 0.0368. The van der Waals surface area contributed by atoms with Crippen LogP contribution in [0.25, 0.3) is 0 Å². The summed E-state index contributed by atoms with van der Waals surface area (Å²) >= 11 is 0. The second-order valence-electron chi connectivity index (χ2n) is 7.66. The van der Waals surface area contributed by atoms with Crippen molar-refractivity contribution in [3.05, 3.63) is 29.8 Å². The average molecular weight is 409 g/mol. The Labute approximate surface area is 166 Å². The molecule has 1 saturated heterocycles. The lowest BCUT2D eigenvalue weighted by Gasteiger charge is -2.31. The molecular formula is C19H28N4O4S. The van der Waals surface area contributed by atoms with Crippen LogP contribution in [0.5, 0.6) is 0 Å². The van der Waals surface area contributed by atoms with Gasteiger partial charge in [-0.25, -0.2) is 17.5 Å². The SMILES string of the molecule is CC(NC(=O)NC1CCN(S(C)(=O)=O)CC1)c1ccc(NC(=O)C2CC2)cc1. The highest BCUT2D eigenvalue weighted by Gasteiger charge is 2.29. The summed E-state index contributed by atoms with van der Waals surface area (Å²) in [5, 5.41) is 8.72. The van der Waals surface area contributed by atoms with E-state index < -0.39 is 10.0 Å². The largest absolute Gasteiger partial charge is 0.335 e. The maximum atomic E-state index is 12.3. The number of hydrogen-bond donors (Lipinski definition) is 3. The van der Waals surface area contributed by atoms with Gasteiger partial charge in [-0.05, 0) is 50.3 Å². The molecule has 3 amide bonds. The van der Waals surface area contributed by atoms with E-state index >= 15 is 0 Å². The fourth-order valence-electron chi connectivity index (χ4n) is 3.28. The van der Waals surface area contributed by atoms with Crippen molar-refractivity contribution < 1.29 is 18.0 Å². The molecule has 3 rings (SSSR count). The average Bonchev–Trinajstić information content (AvgIpc) is 3.47. The van der Waals surface area contributed by atoms with Crippen LogP contribution < -0.4 is 16.0 Å². The van der Waals surface area contributed by atoms with Crippen LogP contribution in [0.3, 0.4) is 0 Å². The van der Waals surface area contributed by atoms with Crippen LogP contribution in [0.1, 0.15) is 44.2 Å². The van der Waals surface area contributed by atoms with E-state index in [9.17, 15) is 18.0 Å². The normalized spacial score (nSPS) is 19.6. The summed E-state index contributed by atoms with van der Waals surface area (Å²) in [5.41, 5.74) is 1.70. The van der Waals surface area contributed by atoms with Gasteiger partial charge in [-0.1, -0.05) is 12.1 Å². The second kappa shape index (κ2) is 8.48. The zero-order valence-electron chi connectivity index (χ0n) is 16.3. The zero-order chi connectivity index (χ0) is 20.3. The third kappa shape index (κ3) is 5.68. The highest BCUT2D eigenvalue weighted by Crippen LogP contribution is 2.30. The number of nitrogens with one attached hydrogen (secondary N) is 3. The van der Waals surface area contributed by atoms with Crippen LogP contribution >= 0.6 is 0 Å². The number of piperidine rings is 1. The van der Waals surface area contributed by atoms with Gasteiger partial charge in [-0.3, -0.25) is 4.79 Å². The van der Waals surface area contributed by atoms with E-state index in [-0.39, 0.29) is 29.9 Å². The summed E-state index contributed by atoms with van der Waals surface area (Å²) in [6, 6.07) is 6.96. The van der Waals surface area contributed by atoms with E-state index in [0.717, 1.165) is 24.1 Å². The number of benzene rings is 1. The molecule has 8 nitrogen and oxygen atoms in total. The van der Waals surface area contributed by atoms with Crippen molar-refractivity contribution in [2.45, 2.75) is 44.7 Å². The zero-order valence-corrected chi connectivity index (χ0v) is 17.1. The van der Waals surface area contributed by atoms with Crippen molar-refractivity contribution in [2.24, 2.45) is 5.92 Å². The molecule has 0 bridgehead atoms. The predicted octanol–water partition coefficient (Wildman–Crippen LogP) is 1.82. The van der Waals surface area contributed by atoms with Gasteiger partial charge in [0.1, 0.15) is 0 Å². The summed E-state index contributed by atoms with van der Waals surface area (Å²) in [6.45, 7) is 2.74. The van der Waals surface area contributed by atoms with Crippen molar-refractivity contribution in [1.29, 1.82) is 0 Å². The summed E-state index contributed by atoms with van der Waals surface area (Å²) in [7, 11) is -3.17. The Hall–Kier alpha value is -2.13. The van der Waals surface area contributed by atoms with Gasteiger partial charge in [-0.2, -0.15) is 0 Å². The Morgan fingerprint density at radius 3 is 2.21 bits per heavy atom. The molecule has 1 aliphatic carbocycles. The van der Waals surface area contributed by atoms with Gasteiger partial charge in [0.05, 0.1) is 12.3 Å². The van der Waals surface area contributed by atoms with Gasteiger partial charge in [0.15, 0.2) is 0 Å². The number of carbonyl (C=O) groups is 2. The fourth-order valence-corrected chi connectivity index (χ4v) is 4.16. The Morgan fingerprint density at radius 1 is 1.07 bits per heavy atom. The first-order valence-corrected chi connectivity index (χ1v) is 11.5. The van der Waals surface area contributed by atoms with Gasteiger partial charge in [-0.15, -0.1) is 0 Å².